The van der Waals surface area contributed by atoms with Crippen LogP contribution in [0, 0.1) is 0 Å². The van der Waals surface area contributed by atoms with Gasteiger partial charge < -0.3 is 9.52 Å². The number of aryl methyl sites for hydroxylation is 1. The molecule has 0 atom stereocenters. The van der Waals surface area contributed by atoms with Gasteiger partial charge in [0.25, 0.3) is 0 Å². The quantitative estimate of drug-likeness (QED) is 0.876. The Morgan fingerprint density at radius 1 is 1.33 bits per heavy atom. The van der Waals surface area contributed by atoms with Crippen molar-refractivity contribution in [2.75, 3.05) is 0 Å². The molecular formula is C14H12N2O2. The fraction of sp³-hybridized carbons (Fsp3) is 0.143. The molecule has 3 rings (SSSR count). The predicted molar refractivity (Wildman–Crippen MR) is 70.0 cm³/mol. The van der Waals surface area contributed by atoms with Crippen molar-refractivity contribution in [3.05, 3.63) is 41.4 Å². The number of aromatic hydroxyl groups is 1. The lowest BCUT2D eigenvalue weighted by Gasteiger charge is -1.97. The van der Waals surface area contributed by atoms with Crippen molar-refractivity contribution in [2.24, 2.45) is 4.99 Å². The predicted octanol–water partition coefficient (Wildman–Crippen LogP) is 3.20. The molecule has 1 aromatic heterocycles. The number of hydrogen-bond donors (Lipinski definition) is 1. The molecule has 1 aliphatic heterocycles. The Bertz CT molecular complexity index is 654. The van der Waals surface area contributed by atoms with Crippen LogP contribution in [0.15, 0.2) is 33.7 Å². The second-order valence-electron chi connectivity index (χ2n) is 4.03. The Kier molecular flexibility index (Phi) is 2.48. The molecule has 1 aliphatic rings. The standard InChI is InChI=1S/C14H12N2O2/c1-2-13-16-12(14(17)18-13)7-9-8-15-11-6-4-3-5-10(9)11/h3-8,17H,2H2,1H3/b9-7+. The average molecular weight is 240 g/mol. The summed E-state index contributed by atoms with van der Waals surface area (Å²) < 4.78 is 5.12. The van der Waals surface area contributed by atoms with E-state index in [0.29, 0.717) is 18.0 Å². The van der Waals surface area contributed by atoms with E-state index < -0.39 is 0 Å². The van der Waals surface area contributed by atoms with E-state index >= 15 is 0 Å². The first-order chi connectivity index (χ1) is 8.78. The van der Waals surface area contributed by atoms with Crippen LogP contribution in [0.25, 0.3) is 11.6 Å². The summed E-state index contributed by atoms with van der Waals surface area (Å²) in [5, 5.41) is 9.65. The smallest absolute Gasteiger partial charge is 0.310 e. The molecule has 0 saturated heterocycles. The van der Waals surface area contributed by atoms with Gasteiger partial charge in [-0.3, -0.25) is 4.99 Å². The van der Waals surface area contributed by atoms with Crippen molar-refractivity contribution in [1.29, 1.82) is 0 Å². The van der Waals surface area contributed by atoms with Crippen LogP contribution in [-0.2, 0) is 6.42 Å². The Labute approximate surface area is 104 Å². The van der Waals surface area contributed by atoms with Crippen LogP contribution in [-0.4, -0.2) is 16.3 Å². The van der Waals surface area contributed by atoms with Gasteiger partial charge in [0.2, 0.25) is 0 Å². The third-order valence-electron chi connectivity index (χ3n) is 2.83. The Balaban J connectivity index is 2.03. The summed E-state index contributed by atoms with van der Waals surface area (Å²) in [7, 11) is 0. The molecule has 4 heteroatoms. The van der Waals surface area contributed by atoms with Gasteiger partial charge >= 0.3 is 5.95 Å². The number of benzene rings is 1. The minimum atomic E-state index is -0.142. The van der Waals surface area contributed by atoms with Crippen molar-refractivity contribution >= 4 is 23.6 Å². The van der Waals surface area contributed by atoms with Crippen molar-refractivity contribution in [3.63, 3.8) is 0 Å². The number of aliphatic imine (C=N–C) groups is 1. The fourth-order valence-corrected chi connectivity index (χ4v) is 1.92. The maximum Gasteiger partial charge on any atom is 0.310 e. The second kappa shape index (κ2) is 4.14. The first-order valence-electron chi connectivity index (χ1n) is 5.81. The lowest BCUT2D eigenvalue weighted by Crippen LogP contribution is -1.82. The highest BCUT2D eigenvalue weighted by Crippen LogP contribution is 2.33. The molecule has 0 aliphatic carbocycles. The zero-order valence-electron chi connectivity index (χ0n) is 9.92. The molecule has 0 unspecified atom stereocenters. The highest BCUT2D eigenvalue weighted by molar-refractivity contribution is 6.21. The molecule has 0 fully saturated rings. The van der Waals surface area contributed by atoms with Gasteiger partial charge in [0, 0.05) is 23.8 Å². The Morgan fingerprint density at radius 2 is 2.17 bits per heavy atom. The van der Waals surface area contributed by atoms with Gasteiger partial charge in [0.15, 0.2) is 5.89 Å². The fourth-order valence-electron chi connectivity index (χ4n) is 1.92. The molecular weight excluding hydrogens is 228 g/mol. The van der Waals surface area contributed by atoms with E-state index in [1.807, 2.05) is 31.2 Å². The van der Waals surface area contributed by atoms with Gasteiger partial charge in [-0.15, -0.1) is 0 Å². The van der Waals surface area contributed by atoms with Crippen LogP contribution in [0.1, 0.15) is 24.1 Å². The molecule has 4 nitrogen and oxygen atoms in total. The highest BCUT2D eigenvalue weighted by atomic mass is 16.5. The van der Waals surface area contributed by atoms with Gasteiger partial charge in [0.05, 0.1) is 5.69 Å². The minimum absolute atomic E-state index is 0.142. The normalized spacial score (nSPS) is 15.3. The first-order valence-corrected chi connectivity index (χ1v) is 5.81. The maximum absolute atomic E-state index is 9.65. The number of allylic oxidation sites excluding steroid dienone is 1. The number of aromatic nitrogens is 1. The van der Waals surface area contributed by atoms with E-state index in [1.54, 1.807) is 12.3 Å². The molecule has 0 saturated carbocycles. The van der Waals surface area contributed by atoms with E-state index in [9.17, 15) is 5.11 Å². The van der Waals surface area contributed by atoms with Crippen LogP contribution in [0.5, 0.6) is 5.95 Å². The van der Waals surface area contributed by atoms with Gasteiger partial charge in [-0.25, -0.2) is 4.98 Å². The topological polar surface area (TPSA) is 58.6 Å². The summed E-state index contributed by atoms with van der Waals surface area (Å²) >= 11 is 0. The number of hydrogen-bond acceptors (Lipinski definition) is 4. The monoisotopic (exact) mass is 240 g/mol. The van der Waals surface area contributed by atoms with E-state index in [1.165, 1.54) is 0 Å². The molecule has 90 valence electrons. The number of oxazole rings is 1. The highest BCUT2D eigenvalue weighted by Gasteiger charge is 2.14. The number of para-hydroxylation sites is 1. The zero-order chi connectivity index (χ0) is 12.5. The van der Waals surface area contributed by atoms with Crippen molar-refractivity contribution in [3.8, 4) is 5.95 Å². The SMILES string of the molecule is CCc1nc(/C=C2\C=Nc3ccccc32)c(O)o1. The molecule has 0 radical (unpaired) electrons. The Hall–Kier alpha value is -2.36. The number of nitrogens with zero attached hydrogens (tertiary/aromatic N) is 2. The largest absolute Gasteiger partial charge is 0.479 e. The summed E-state index contributed by atoms with van der Waals surface area (Å²) in [6.45, 7) is 1.93. The molecule has 0 bridgehead atoms. The van der Waals surface area contributed by atoms with E-state index in [4.69, 9.17) is 4.42 Å². The summed E-state index contributed by atoms with van der Waals surface area (Å²) in [5.41, 5.74) is 3.35. The molecule has 1 N–H and O–H groups in total. The maximum atomic E-state index is 9.65. The van der Waals surface area contributed by atoms with E-state index in [2.05, 4.69) is 9.98 Å². The lowest BCUT2D eigenvalue weighted by molar-refractivity contribution is 0.317. The van der Waals surface area contributed by atoms with Crippen LogP contribution < -0.4 is 0 Å². The molecule has 2 aromatic rings. The van der Waals surface area contributed by atoms with Gasteiger partial charge in [-0.1, -0.05) is 25.1 Å². The van der Waals surface area contributed by atoms with Gasteiger partial charge in [-0.2, -0.15) is 0 Å². The number of rotatable bonds is 2. The van der Waals surface area contributed by atoms with Gasteiger partial charge in [0.1, 0.15) is 5.69 Å². The lowest BCUT2D eigenvalue weighted by atomic mass is 10.1. The second-order valence-corrected chi connectivity index (χ2v) is 4.03. The number of fused-ring (bicyclic) bond motifs is 1. The van der Waals surface area contributed by atoms with E-state index in [-0.39, 0.29) is 5.95 Å². The zero-order valence-corrected chi connectivity index (χ0v) is 9.92. The minimum Gasteiger partial charge on any atom is -0.479 e. The summed E-state index contributed by atoms with van der Waals surface area (Å²) in [6, 6.07) is 7.85. The van der Waals surface area contributed by atoms with E-state index in [0.717, 1.165) is 16.8 Å². The Morgan fingerprint density at radius 3 is 2.94 bits per heavy atom. The molecule has 2 heterocycles. The van der Waals surface area contributed by atoms with Crippen molar-refractivity contribution in [1.82, 2.24) is 4.98 Å². The van der Waals surface area contributed by atoms with Gasteiger partial charge in [-0.05, 0) is 12.1 Å². The third-order valence-corrected chi connectivity index (χ3v) is 2.83. The van der Waals surface area contributed by atoms with Crippen LogP contribution in [0.4, 0.5) is 5.69 Å². The van der Waals surface area contributed by atoms with Crippen molar-refractivity contribution in [2.45, 2.75) is 13.3 Å². The van der Waals surface area contributed by atoms with Crippen LogP contribution >= 0.6 is 0 Å². The first kappa shape index (κ1) is 10.8. The summed E-state index contributed by atoms with van der Waals surface area (Å²) in [4.78, 5) is 8.51. The third kappa shape index (κ3) is 1.72. The van der Waals surface area contributed by atoms with Crippen molar-refractivity contribution < 1.29 is 9.52 Å². The molecule has 0 spiro atoms. The average Bonchev–Trinajstić information content (AvgIpc) is 2.95. The molecule has 1 aromatic carbocycles. The molecule has 18 heavy (non-hydrogen) atoms. The van der Waals surface area contributed by atoms with Crippen LogP contribution in [0.2, 0.25) is 0 Å². The summed E-state index contributed by atoms with van der Waals surface area (Å²) in [5.74, 6) is 0.389. The summed E-state index contributed by atoms with van der Waals surface area (Å²) in [6.07, 6.45) is 4.21. The van der Waals surface area contributed by atoms with Crippen LogP contribution in [0.3, 0.4) is 0 Å². The molecule has 0 amide bonds.